The van der Waals surface area contributed by atoms with E-state index < -0.39 is 0 Å². The van der Waals surface area contributed by atoms with Crippen LogP contribution in [-0.4, -0.2) is 18.0 Å². The van der Waals surface area contributed by atoms with Gasteiger partial charge in [0.1, 0.15) is 5.75 Å². The highest BCUT2D eigenvalue weighted by molar-refractivity contribution is 9.10. The van der Waals surface area contributed by atoms with E-state index in [-0.39, 0.29) is 5.91 Å². The summed E-state index contributed by atoms with van der Waals surface area (Å²) in [4.78, 5) is 16.8. The summed E-state index contributed by atoms with van der Waals surface area (Å²) in [6.45, 7) is 0. The van der Waals surface area contributed by atoms with E-state index in [9.17, 15) is 4.79 Å². The number of ether oxygens (including phenoxy) is 1. The van der Waals surface area contributed by atoms with Crippen molar-refractivity contribution < 1.29 is 9.53 Å². The number of hydrogen-bond acceptors (Lipinski definition) is 4. The van der Waals surface area contributed by atoms with E-state index >= 15 is 0 Å². The summed E-state index contributed by atoms with van der Waals surface area (Å²) in [5.41, 5.74) is 1.92. The lowest BCUT2D eigenvalue weighted by atomic mass is 10.2. The van der Waals surface area contributed by atoms with Crippen LogP contribution in [0.15, 0.2) is 46.3 Å². The number of thiazole rings is 1. The number of aromatic nitrogens is 1. The normalized spacial score (nSPS) is 10.6. The molecular weight excluding hydrogens is 447 g/mol. The second-order valence-electron chi connectivity index (χ2n) is 4.97. The van der Waals surface area contributed by atoms with Gasteiger partial charge in [0.2, 0.25) is 0 Å². The molecular formula is C17H11BrCl2N2O2S. The summed E-state index contributed by atoms with van der Waals surface area (Å²) in [6, 6.07) is 10.5. The smallest absolute Gasteiger partial charge is 0.258 e. The van der Waals surface area contributed by atoms with E-state index in [4.69, 9.17) is 27.9 Å². The third-order valence-electron chi connectivity index (χ3n) is 3.35. The zero-order valence-corrected chi connectivity index (χ0v) is 16.8. The number of methoxy groups -OCH3 is 1. The van der Waals surface area contributed by atoms with Gasteiger partial charge < -0.3 is 4.74 Å². The molecule has 1 heterocycles. The summed E-state index contributed by atoms with van der Waals surface area (Å²) >= 11 is 16.9. The summed E-state index contributed by atoms with van der Waals surface area (Å²) in [5, 5.41) is 5.95. The van der Waals surface area contributed by atoms with E-state index in [1.54, 1.807) is 37.4 Å². The number of benzene rings is 2. The standard InChI is InChI=1S/C17H11BrCl2N2O2S/c1-24-15-5-2-9(6-13(15)20)14-8-25-17(21-14)22-16(23)11-7-10(18)3-4-12(11)19/h2-8H,1H3,(H,21,22,23). The molecule has 1 amide bonds. The van der Waals surface area contributed by atoms with Gasteiger partial charge in [-0.2, -0.15) is 0 Å². The molecule has 3 rings (SSSR count). The second-order valence-corrected chi connectivity index (χ2v) is 7.55. The first-order valence-corrected chi connectivity index (χ1v) is 9.46. The van der Waals surface area contributed by atoms with E-state index in [0.29, 0.717) is 32.2 Å². The summed E-state index contributed by atoms with van der Waals surface area (Å²) in [6.07, 6.45) is 0. The Morgan fingerprint density at radius 1 is 1.20 bits per heavy atom. The van der Waals surface area contributed by atoms with Gasteiger partial charge in [-0.15, -0.1) is 11.3 Å². The van der Waals surface area contributed by atoms with Crippen LogP contribution in [0.5, 0.6) is 5.75 Å². The number of nitrogens with zero attached hydrogens (tertiary/aromatic N) is 1. The Kier molecular flexibility index (Phi) is 5.64. The maximum atomic E-state index is 12.4. The molecule has 4 nitrogen and oxygen atoms in total. The fourth-order valence-electron chi connectivity index (χ4n) is 2.13. The first-order valence-electron chi connectivity index (χ1n) is 7.04. The average Bonchev–Trinajstić information content (AvgIpc) is 3.05. The Labute approximate surface area is 166 Å². The minimum atomic E-state index is -0.319. The molecule has 0 aliphatic heterocycles. The second kappa shape index (κ2) is 7.74. The number of amides is 1. The largest absolute Gasteiger partial charge is 0.495 e. The van der Waals surface area contributed by atoms with Crippen molar-refractivity contribution in [2.45, 2.75) is 0 Å². The summed E-state index contributed by atoms with van der Waals surface area (Å²) < 4.78 is 5.91. The zero-order chi connectivity index (χ0) is 18.0. The van der Waals surface area contributed by atoms with Crippen LogP contribution in [0.1, 0.15) is 10.4 Å². The van der Waals surface area contributed by atoms with Crippen LogP contribution in [0.4, 0.5) is 5.13 Å². The molecule has 25 heavy (non-hydrogen) atoms. The van der Waals surface area contributed by atoms with Gasteiger partial charge in [0.15, 0.2) is 5.13 Å². The molecule has 1 aromatic heterocycles. The highest BCUT2D eigenvalue weighted by atomic mass is 79.9. The molecule has 0 atom stereocenters. The number of halogens is 3. The Morgan fingerprint density at radius 2 is 2.00 bits per heavy atom. The first-order chi connectivity index (χ1) is 12.0. The molecule has 0 aliphatic rings. The van der Waals surface area contributed by atoms with Crippen LogP contribution in [0.2, 0.25) is 10.0 Å². The molecule has 8 heteroatoms. The van der Waals surface area contributed by atoms with Crippen LogP contribution in [0.3, 0.4) is 0 Å². The Hall–Kier alpha value is -1.60. The van der Waals surface area contributed by atoms with Gasteiger partial charge in [0.05, 0.1) is 28.4 Å². The fourth-order valence-corrected chi connectivity index (χ4v) is 3.66. The maximum Gasteiger partial charge on any atom is 0.258 e. The van der Waals surface area contributed by atoms with Crippen LogP contribution >= 0.6 is 50.5 Å². The molecule has 0 spiro atoms. The number of rotatable bonds is 4. The van der Waals surface area contributed by atoms with Gasteiger partial charge >= 0.3 is 0 Å². The fraction of sp³-hybridized carbons (Fsp3) is 0.0588. The molecule has 3 aromatic rings. The molecule has 128 valence electrons. The number of nitrogens with one attached hydrogen (secondary N) is 1. The third-order valence-corrected chi connectivity index (χ3v) is 5.22. The lowest BCUT2D eigenvalue weighted by Gasteiger charge is -2.05. The highest BCUT2D eigenvalue weighted by Gasteiger charge is 2.14. The number of hydrogen-bond donors (Lipinski definition) is 1. The lowest BCUT2D eigenvalue weighted by molar-refractivity contribution is 0.102. The molecule has 2 aromatic carbocycles. The van der Waals surface area contributed by atoms with Crippen LogP contribution in [0, 0.1) is 0 Å². The zero-order valence-electron chi connectivity index (χ0n) is 12.8. The first kappa shape index (κ1) is 18.2. The van der Waals surface area contributed by atoms with Gasteiger partial charge in [-0.25, -0.2) is 4.98 Å². The van der Waals surface area contributed by atoms with Gasteiger partial charge in [-0.1, -0.05) is 39.1 Å². The highest BCUT2D eigenvalue weighted by Crippen LogP contribution is 2.32. The number of carbonyl (C=O) groups is 1. The van der Waals surface area contributed by atoms with Crippen LogP contribution in [-0.2, 0) is 0 Å². The van der Waals surface area contributed by atoms with Crippen molar-refractivity contribution in [1.29, 1.82) is 0 Å². The summed E-state index contributed by atoms with van der Waals surface area (Å²) in [5.74, 6) is 0.276. The van der Waals surface area contributed by atoms with E-state index in [0.717, 1.165) is 10.0 Å². The Bertz CT molecular complexity index is 946. The molecule has 0 fully saturated rings. The number of anilines is 1. The van der Waals surface area contributed by atoms with Crippen molar-refractivity contribution in [3.05, 3.63) is 61.9 Å². The van der Waals surface area contributed by atoms with Crippen molar-refractivity contribution >= 4 is 61.5 Å². The molecule has 0 saturated heterocycles. The van der Waals surface area contributed by atoms with E-state index in [1.165, 1.54) is 11.3 Å². The molecule has 0 radical (unpaired) electrons. The van der Waals surface area contributed by atoms with Crippen LogP contribution < -0.4 is 10.1 Å². The SMILES string of the molecule is COc1ccc(-c2csc(NC(=O)c3cc(Br)ccc3Cl)n2)cc1Cl. The minimum absolute atomic E-state index is 0.319. The van der Waals surface area contributed by atoms with Crippen molar-refractivity contribution in [2.24, 2.45) is 0 Å². The average molecular weight is 458 g/mol. The third kappa shape index (κ3) is 4.15. The van der Waals surface area contributed by atoms with Crippen molar-refractivity contribution in [1.82, 2.24) is 4.98 Å². The van der Waals surface area contributed by atoms with Crippen molar-refractivity contribution in [3.8, 4) is 17.0 Å². The maximum absolute atomic E-state index is 12.4. The molecule has 0 saturated carbocycles. The van der Waals surface area contributed by atoms with E-state index in [1.807, 2.05) is 11.4 Å². The molecule has 0 aliphatic carbocycles. The van der Waals surface area contributed by atoms with E-state index in [2.05, 4.69) is 26.2 Å². The topological polar surface area (TPSA) is 51.2 Å². The van der Waals surface area contributed by atoms with Crippen molar-refractivity contribution in [3.63, 3.8) is 0 Å². The van der Waals surface area contributed by atoms with Gasteiger partial charge in [-0.3, -0.25) is 10.1 Å². The van der Waals surface area contributed by atoms with Crippen molar-refractivity contribution in [2.75, 3.05) is 12.4 Å². The predicted molar refractivity (Wildman–Crippen MR) is 106 cm³/mol. The summed E-state index contributed by atoms with van der Waals surface area (Å²) in [7, 11) is 1.56. The molecule has 0 unspecified atom stereocenters. The monoisotopic (exact) mass is 456 g/mol. The molecule has 0 bridgehead atoms. The number of carbonyl (C=O) groups excluding carboxylic acids is 1. The van der Waals surface area contributed by atoms with Gasteiger partial charge in [0.25, 0.3) is 5.91 Å². The Morgan fingerprint density at radius 3 is 2.72 bits per heavy atom. The Balaban J connectivity index is 1.81. The van der Waals surface area contributed by atoms with Crippen LogP contribution in [0.25, 0.3) is 11.3 Å². The quantitative estimate of drug-likeness (QED) is 0.511. The minimum Gasteiger partial charge on any atom is -0.495 e. The van der Waals surface area contributed by atoms with Gasteiger partial charge in [-0.05, 0) is 36.4 Å². The predicted octanol–water partition coefficient (Wildman–Crippen LogP) is 6.14. The van der Waals surface area contributed by atoms with Gasteiger partial charge in [0, 0.05) is 15.4 Å². The lowest BCUT2D eigenvalue weighted by Crippen LogP contribution is -2.12. The molecule has 1 N–H and O–H groups in total.